The molecule has 0 amide bonds. The number of nitrogens with two attached hydrogens (primary N) is 1. The first kappa shape index (κ1) is 25.3. The fraction of sp³-hybridized carbons (Fsp3) is 0.417. The van der Waals surface area contributed by atoms with Crippen LogP contribution in [0.2, 0.25) is 5.04 Å². The zero-order chi connectivity index (χ0) is 23.6. The molecule has 3 rings (SSSR count). The molecule has 0 aliphatic heterocycles. The van der Waals surface area contributed by atoms with Crippen LogP contribution in [0.15, 0.2) is 60.7 Å². The molecule has 0 atom stereocenters. The highest BCUT2D eigenvalue weighted by Gasteiger charge is 2.49. The van der Waals surface area contributed by atoms with E-state index >= 15 is 0 Å². The van der Waals surface area contributed by atoms with Crippen LogP contribution in [0, 0.1) is 0 Å². The lowest BCUT2D eigenvalue weighted by molar-refractivity contribution is 0.0263. The number of benzene rings is 2. The van der Waals surface area contributed by atoms with Crippen LogP contribution < -0.4 is 20.8 Å². The number of ether oxygens (including phenoxy) is 3. The summed E-state index contributed by atoms with van der Waals surface area (Å²) in [4.78, 5) is 0. The second-order valence-electron chi connectivity index (χ2n) is 8.49. The molecule has 7 nitrogen and oxygen atoms in total. The topological polar surface area (TPSA) is 88.7 Å². The summed E-state index contributed by atoms with van der Waals surface area (Å²) >= 11 is 1.21. The van der Waals surface area contributed by atoms with Crippen molar-refractivity contribution >= 4 is 35.2 Å². The Bertz CT molecular complexity index is 912. The molecule has 1 heterocycles. The van der Waals surface area contributed by atoms with E-state index in [1.54, 1.807) is 0 Å². The van der Waals surface area contributed by atoms with Gasteiger partial charge in [0.25, 0.3) is 13.5 Å². The Morgan fingerprint density at radius 1 is 0.758 bits per heavy atom. The normalized spacial score (nSPS) is 12.1. The first-order valence-electron chi connectivity index (χ1n) is 11.1. The number of hydrogen-bond donors (Lipinski definition) is 1. The Balaban J connectivity index is 1.47. The average Bonchev–Trinajstić information content (AvgIpc) is 3.23. The smallest absolute Gasteiger partial charge is 0.295 e. The van der Waals surface area contributed by atoms with Crippen LogP contribution >= 0.6 is 11.3 Å². The monoisotopic (exact) mass is 487 g/mol. The maximum absolute atomic E-state index is 6.79. The lowest BCUT2D eigenvalue weighted by Crippen LogP contribution is -2.66. The average molecular weight is 488 g/mol. The molecule has 0 fully saturated rings. The molecule has 0 aliphatic rings. The van der Waals surface area contributed by atoms with Crippen LogP contribution in [0.3, 0.4) is 0 Å². The Kier molecular flexibility index (Phi) is 9.39. The number of aromatic nitrogens is 2. The first-order valence-corrected chi connectivity index (χ1v) is 13.8. The maximum atomic E-state index is 6.79. The van der Waals surface area contributed by atoms with Gasteiger partial charge in [-0.25, -0.2) is 0 Å². The lowest BCUT2D eigenvalue weighted by atomic mass is 10.2. The van der Waals surface area contributed by atoms with Gasteiger partial charge in [-0.3, -0.25) is 0 Å². The molecule has 3 aromatic rings. The molecule has 9 heteroatoms. The van der Waals surface area contributed by atoms with Gasteiger partial charge in [-0.1, -0.05) is 86.5 Å². The highest BCUT2D eigenvalue weighted by molar-refractivity contribution is 7.16. The maximum Gasteiger partial charge on any atom is 0.295 e. The lowest BCUT2D eigenvalue weighted by Gasteiger charge is -2.43. The van der Waals surface area contributed by atoms with Crippen molar-refractivity contribution < 1.29 is 18.6 Å². The molecule has 178 valence electrons. The van der Waals surface area contributed by atoms with Gasteiger partial charge in [0.2, 0.25) is 5.13 Å². The molecule has 0 saturated carbocycles. The van der Waals surface area contributed by atoms with Gasteiger partial charge in [0.1, 0.15) is 6.61 Å². The second kappa shape index (κ2) is 12.2. The van der Waals surface area contributed by atoms with Gasteiger partial charge in [0.15, 0.2) is 0 Å². The zero-order valence-electron chi connectivity index (χ0n) is 19.5. The fourth-order valence-electron chi connectivity index (χ4n) is 3.80. The molecule has 0 unspecified atom stereocenters. The summed E-state index contributed by atoms with van der Waals surface area (Å²) in [6, 6.07) is 21.2. The van der Waals surface area contributed by atoms with E-state index in [1.165, 1.54) is 21.7 Å². The van der Waals surface area contributed by atoms with Crippen molar-refractivity contribution in [3.63, 3.8) is 0 Å². The number of hydrogen-bond acceptors (Lipinski definition) is 8. The molecule has 0 spiro atoms. The zero-order valence-corrected chi connectivity index (χ0v) is 21.3. The summed E-state index contributed by atoms with van der Waals surface area (Å²) in [6.07, 6.45) is 0. The highest BCUT2D eigenvalue weighted by atomic mass is 32.1. The molecule has 2 aromatic carbocycles. The van der Waals surface area contributed by atoms with E-state index < -0.39 is 8.32 Å². The van der Waals surface area contributed by atoms with E-state index in [2.05, 4.69) is 79.5 Å². The van der Waals surface area contributed by atoms with Gasteiger partial charge in [-0.2, -0.15) is 0 Å². The molecule has 0 bridgehead atoms. The summed E-state index contributed by atoms with van der Waals surface area (Å²) in [6.45, 7) is 9.66. The van der Waals surface area contributed by atoms with Crippen molar-refractivity contribution in [1.29, 1.82) is 0 Å². The molecular weight excluding hydrogens is 454 g/mol. The fourth-order valence-corrected chi connectivity index (χ4v) is 8.83. The summed E-state index contributed by atoms with van der Waals surface area (Å²) in [5.74, 6) is 0. The van der Waals surface area contributed by atoms with Gasteiger partial charge in [-0.15, -0.1) is 5.10 Å². The van der Waals surface area contributed by atoms with E-state index in [9.17, 15) is 0 Å². The van der Waals surface area contributed by atoms with Crippen molar-refractivity contribution in [3.05, 3.63) is 60.7 Å². The molecule has 0 radical (unpaired) electrons. The van der Waals surface area contributed by atoms with E-state index in [0.29, 0.717) is 50.0 Å². The van der Waals surface area contributed by atoms with Gasteiger partial charge in [0.05, 0.1) is 33.0 Å². The number of anilines is 1. The molecule has 0 aliphatic carbocycles. The number of rotatable bonds is 13. The second-order valence-corrected chi connectivity index (χ2v) is 13.8. The predicted molar refractivity (Wildman–Crippen MR) is 135 cm³/mol. The summed E-state index contributed by atoms with van der Waals surface area (Å²) in [7, 11) is -2.51. The minimum absolute atomic E-state index is 0.0452. The van der Waals surface area contributed by atoms with Gasteiger partial charge in [-0.05, 0) is 26.7 Å². The van der Waals surface area contributed by atoms with Crippen LogP contribution in [0.4, 0.5) is 5.13 Å². The molecular formula is C24H33N3O4SSi. The van der Waals surface area contributed by atoms with E-state index in [0.717, 1.165) is 0 Å². The van der Waals surface area contributed by atoms with E-state index in [-0.39, 0.29) is 5.04 Å². The van der Waals surface area contributed by atoms with Crippen molar-refractivity contribution in [2.45, 2.75) is 25.8 Å². The highest BCUT2D eigenvalue weighted by Crippen LogP contribution is 2.36. The van der Waals surface area contributed by atoms with Crippen LogP contribution in [-0.2, 0) is 13.9 Å². The summed E-state index contributed by atoms with van der Waals surface area (Å²) < 4.78 is 23.5. The van der Waals surface area contributed by atoms with Crippen molar-refractivity contribution in [1.82, 2.24) is 10.2 Å². The van der Waals surface area contributed by atoms with Gasteiger partial charge < -0.3 is 24.4 Å². The van der Waals surface area contributed by atoms with Crippen molar-refractivity contribution in [3.8, 4) is 5.19 Å². The largest absolute Gasteiger partial charge is 0.466 e. The Morgan fingerprint density at radius 2 is 1.27 bits per heavy atom. The quantitative estimate of drug-likeness (QED) is 0.293. The Morgan fingerprint density at radius 3 is 1.76 bits per heavy atom. The third-order valence-electron chi connectivity index (χ3n) is 5.21. The van der Waals surface area contributed by atoms with Gasteiger partial charge >= 0.3 is 0 Å². The SMILES string of the molecule is CC(C)(C)[Si](OCCOCCOCCOc1nnc(N)s1)(c1ccccc1)c1ccccc1. The van der Waals surface area contributed by atoms with E-state index in [1.807, 2.05) is 12.1 Å². The molecule has 0 saturated heterocycles. The predicted octanol–water partition coefficient (Wildman–Crippen LogP) is 3.11. The number of nitrogen functional groups attached to an aromatic ring is 1. The van der Waals surface area contributed by atoms with E-state index in [4.69, 9.17) is 24.4 Å². The van der Waals surface area contributed by atoms with Crippen LogP contribution in [0.25, 0.3) is 0 Å². The third-order valence-corrected chi connectivity index (χ3v) is 10.9. The molecule has 33 heavy (non-hydrogen) atoms. The third kappa shape index (κ3) is 6.84. The Hall–Kier alpha value is -2.30. The van der Waals surface area contributed by atoms with Crippen LogP contribution in [0.1, 0.15) is 20.8 Å². The minimum atomic E-state index is -2.51. The Labute approximate surface area is 201 Å². The van der Waals surface area contributed by atoms with Crippen LogP contribution in [-0.4, -0.2) is 58.2 Å². The summed E-state index contributed by atoms with van der Waals surface area (Å²) in [5.41, 5.74) is 5.51. The van der Waals surface area contributed by atoms with Gasteiger partial charge in [0, 0.05) is 0 Å². The summed E-state index contributed by atoms with van der Waals surface area (Å²) in [5, 5.41) is 10.8. The minimum Gasteiger partial charge on any atom is -0.466 e. The van der Waals surface area contributed by atoms with Crippen molar-refractivity contribution in [2.75, 3.05) is 45.4 Å². The molecule has 2 N–H and O–H groups in total. The van der Waals surface area contributed by atoms with Crippen molar-refractivity contribution in [2.24, 2.45) is 0 Å². The standard InChI is InChI=1S/C24H33N3O4SSi/c1-24(2,3)33(20-10-6-4-7-11-20,21-12-8-5-9-13-21)31-19-17-29-15-14-28-16-18-30-23-27-26-22(25)32-23/h4-13H,14-19H2,1-3H3,(H2,25,26). The first-order chi connectivity index (χ1) is 15.9. The number of nitrogens with zero attached hydrogens (tertiary/aromatic N) is 2. The molecule has 1 aromatic heterocycles. The van der Waals surface area contributed by atoms with Crippen LogP contribution in [0.5, 0.6) is 5.19 Å².